The van der Waals surface area contributed by atoms with E-state index in [1.165, 1.54) is 6.08 Å². The van der Waals surface area contributed by atoms with Crippen molar-refractivity contribution in [3.8, 4) is 11.8 Å². The highest BCUT2D eigenvalue weighted by Crippen LogP contribution is 2.17. The summed E-state index contributed by atoms with van der Waals surface area (Å²) in [4.78, 5) is 23.8. The molecule has 0 aromatic heterocycles. The molecule has 6 nitrogen and oxygen atoms in total. The monoisotopic (exact) mass is 378 g/mol. The number of nitrogens with zero attached hydrogens (tertiary/aromatic N) is 1. The molecule has 28 heavy (non-hydrogen) atoms. The maximum Gasteiger partial charge on any atom is 0.344 e. The van der Waals surface area contributed by atoms with E-state index in [-0.39, 0.29) is 18.3 Å². The summed E-state index contributed by atoms with van der Waals surface area (Å²) in [7, 11) is 0. The Kier molecular flexibility index (Phi) is 7.35. The number of nitriles is 1. The fourth-order valence-electron chi connectivity index (χ4n) is 2.32. The summed E-state index contributed by atoms with van der Waals surface area (Å²) < 4.78 is 10.3. The van der Waals surface area contributed by atoms with E-state index in [9.17, 15) is 14.9 Å². The van der Waals surface area contributed by atoms with E-state index in [0.29, 0.717) is 17.0 Å². The van der Waals surface area contributed by atoms with E-state index in [1.807, 2.05) is 31.2 Å². The van der Waals surface area contributed by atoms with Crippen molar-refractivity contribution < 1.29 is 19.1 Å². The van der Waals surface area contributed by atoms with Gasteiger partial charge in [-0.25, -0.2) is 4.79 Å². The smallest absolute Gasteiger partial charge is 0.344 e. The zero-order valence-electron chi connectivity index (χ0n) is 16.1. The third-order valence-corrected chi connectivity index (χ3v) is 3.67. The molecule has 0 fully saturated rings. The number of amides is 1. The largest absolute Gasteiger partial charge is 0.482 e. The number of anilines is 1. The van der Waals surface area contributed by atoms with Crippen molar-refractivity contribution in [2.45, 2.75) is 26.9 Å². The van der Waals surface area contributed by atoms with Crippen LogP contribution in [0.4, 0.5) is 5.69 Å². The lowest BCUT2D eigenvalue weighted by atomic mass is 10.1. The lowest BCUT2D eigenvalue weighted by molar-refractivity contribution is -0.149. The zero-order valence-corrected chi connectivity index (χ0v) is 16.1. The second-order valence-electron chi connectivity index (χ2n) is 6.34. The molecule has 0 saturated heterocycles. The average Bonchev–Trinajstić information content (AvgIpc) is 2.66. The van der Waals surface area contributed by atoms with Gasteiger partial charge in [-0.2, -0.15) is 5.26 Å². The summed E-state index contributed by atoms with van der Waals surface area (Å²) in [5, 5.41) is 12.1. The van der Waals surface area contributed by atoms with Crippen LogP contribution in [0.25, 0.3) is 6.08 Å². The third-order valence-electron chi connectivity index (χ3n) is 3.67. The van der Waals surface area contributed by atoms with Crippen LogP contribution in [-0.2, 0) is 14.3 Å². The average molecular weight is 378 g/mol. The van der Waals surface area contributed by atoms with Crippen molar-refractivity contribution in [1.82, 2.24) is 0 Å². The van der Waals surface area contributed by atoms with E-state index in [4.69, 9.17) is 9.47 Å². The molecular weight excluding hydrogens is 356 g/mol. The van der Waals surface area contributed by atoms with Crippen LogP contribution in [0.3, 0.4) is 0 Å². The Morgan fingerprint density at radius 1 is 1.14 bits per heavy atom. The van der Waals surface area contributed by atoms with Gasteiger partial charge < -0.3 is 14.8 Å². The fourth-order valence-corrected chi connectivity index (χ4v) is 2.32. The molecular formula is C22H22N2O4. The van der Waals surface area contributed by atoms with Crippen LogP contribution in [0.1, 0.15) is 25.0 Å². The number of para-hydroxylation sites is 1. The Morgan fingerprint density at radius 2 is 1.82 bits per heavy atom. The minimum atomic E-state index is -0.478. The van der Waals surface area contributed by atoms with E-state index in [2.05, 4.69) is 5.32 Å². The predicted octanol–water partition coefficient (Wildman–Crippen LogP) is 3.87. The van der Waals surface area contributed by atoms with Crippen LogP contribution in [0.15, 0.2) is 54.1 Å². The van der Waals surface area contributed by atoms with Crippen molar-refractivity contribution in [1.29, 1.82) is 5.26 Å². The van der Waals surface area contributed by atoms with E-state index >= 15 is 0 Å². The molecule has 0 heterocycles. The summed E-state index contributed by atoms with van der Waals surface area (Å²) in [5.74, 6) is -0.437. The molecule has 0 atom stereocenters. The summed E-state index contributed by atoms with van der Waals surface area (Å²) in [6.07, 6.45) is 1.29. The van der Waals surface area contributed by atoms with Crippen LogP contribution in [0, 0.1) is 18.3 Å². The van der Waals surface area contributed by atoms with Gasteiger partial charge in [0.15, 0.2) is 6.61 Å². The lowest BCUT2D eigenvalue weighted by Gasteiger charge is -2.09. The molecule has 0 unspecified atom stereocenters. The number of hydrogen-bond acceptors (Lipinski definition) is 5. The van der Waals surface area contributed by atoms with Crippen molar-refractivity contribution in [2.75, 3.05) is 11.9 Å². The number of ether oxygens (including phenoxy) is 2. The molecule has 0 saturated carbocycles. The number of benzene rings is 2. The first-order valence-corrected chi connectivity index (χ1v) is 8.80. The first kappa shape index (κ1) is 20.7. The lowest BCUT2D eigenvalue weighted by Crippen LogP contribution is -2.18. The number of carbonyl (C=O) groups excluding carboxylic acids is 2. The molecule has 0 bridgehead atoms. The standard InChI is InChI=1S/C22H22N2O4/c1-15(2)28-21(25)14-27-19-10-8-17(9-11-19)12-18(13-23)22(26)24-20-7-5-4-6-16(20)3/h4-12,15H,14H2,1-3H3,(H,24,26)/b18-12-. The Bertz CT molecular complexity index is 909. The first-order valence-electron chi connectivity index (χ1n) is 8.80. The van der Waals surface area contributed by atoms with E-state index in [1.54, 1.807) is 44.2 Å². The molecule has 2 aromatic rings. The van der Waals surface area contributed by atoms with Gasteiger partial charge in [-0.3, -0.25) is 4.79 Å². The minimum Gasteiger partial charge on any atom is -0.482 e. The molecule has 0 spiro atoms. The SMILES string of the molecule is Cc1ccccc1NC(=O)/C(C#N)=C\c1ccc(OCC(=O)OC(C)C)cc1. The van der Waals surface area contributed by atoms with Crippen LogP contribution >= 0.6 is 0 Å². The number of nitrogens with one attached hydrogen (secondary N) is 1. The minimum absolute atomic E-state index is 0.0163. The summed E-state index contributed by atoms with van der Waals surface area (Å²) >= 11 is 0. The van der Waals surface area contributed by atoms with E-state index < -0.39 is 11.9 Å². The number of esters is 1. The van der Waals surface area contributed by atoms with Crippen LogP contribution in [0.2, 0.25) is 0 Å². The molecule has 0 aliphatic rings. The highest BCUT2D eigenvalue weighted by atomic mass is 16.6. The van der Waals surface area contributed by atoms with Gasteiger partial charge in [-0.05, 0) is 56.2 Å². The molecule has 1 amide bonds. The molecule has 144 valence electrons. The van der Waals surface area contributed by atoms with E-state index in [0.717, 1.165) is 5.56 Å². The normalized spacial score (nSPS) is 10.9. The van der Waals surface area contributed by atoms with Crippen LogP contribution < -0.4 is 10.1 Å². The fraction of sp³-hybridized carbons (Fsp3) is 0.227. The second-order valence-corrected chi connectivity index (χ2v) is 6.34. The molecule has 0 aliphatic heterocycles. The quantitative estimate of drug-likeness (QED) is 0.449. The first-order chi connectivity index (χ1) is 13.4. The Balaban J connectivity index is 2.02. The van der Waals surface area contributed by atoms with Gasteiger partial charge in [0.05, 0.1) is 6.10 Å². The molecule has 0 radical (unpaired) electrons. The van der Waals surface area contributed by atoms with Crippen molar-refractivity contribution in [2.24, 2.45) is 0 Å². The van der Waals surface area contributed by atoms with Gasteiger partial charge in [0.1, 0.15) is 17.4 Å². The van der Waals surface area contributed by atoms with Crippen molar-refractivity contribution >= 4 is 23.6 Å². The highest BCUT2D eigenvalue weighted by Gasteiger charge is 2.11. The molecule has 6 heteroatoms. The third kappa shape index (κ3) is 6.29. The highest BCUT2D eigenvalue weighted by molar-refractivity contribution is 6.09. The zero-order chi connectivity index (χ0) is 20.5. The van der Waals surface area contributed by atoms with Crippen LogP contribution in [-0.4, -0.2) is 24.6 Å². The number of hydrogen-bond donors (Lipinski definition) is 1. The summed E-state index contributed by atoms with van der Waals surface area (Å²) in [5.41, 5.74) is 2.21. The summed E-state index contributed by atoms with van der Waals surface area (Å²) in [6.45, 7) is 5.22. The molecule has 0 aliphatic carbocycles. The topological polar surface area (TPSA) is 88.4 Å². The van der Waals surface area contributed by atoms with Gasteiger partial charge in [-0.1, -0.05) is 30.3 Å². The van der Waals surface area contributed by atoms with Gasteiger partial charge in [-0.15, -0.1) is 0 Å². The van der Waals surface area contributed by atoms with Crippen molar-refractivity contribution in [3.05, 3.63) is 65.2 Å². The number of aryl methyl sites for hydroxylation is 1. The van der Waals surface area contributed by atoms with Gasteiger partial charge >= 0.3 is 5.97 Å². The van der Waals surface area contributed by atoms with Gasteiger partial charge in [0.25, 0.3) is 5.91 Å². The second kappa shape index (κ2) is 9.93. The van der Waals surface area contributed by atoms with Crippen LogP contribution in [0.5, 0.6) is 5.75 Å². The molecule has 2 rings (SSSR count). The Hall–Kier alpha value is -3.59. The molecule has 1 N–H and O–H groups in total. The number of carbonyl (C=O) groups is 2. The maximum atomic E-state index is 12.4. The van der Waals surface area contributed by atoms with Gasteiger partial charge in [0, 0.05) is 5.69 Å². The summed E-state index contributed by atoms with van der Waals surface area (Å²) in [6, 6.07) is 16.0. The van der Waals surface area contributed by atoms with Crippen molar-refractivity contribution in [3.63, 3.8) is 0 Å². The van der Waals surface area contributed by atoms with Gasteiger partial charge in [0.2, 0.25) is 0 Å². The Morgan fingerprint density at radius 3 is 2.43 bits per heavy atom. The predicted molar refractivity (Wildman–Crippen MR) is 107 cm³/mol. The maximum absolute atomic E-state index is 12.4. The molecule has 2 aromatic carbocycles. The number of rotatable bonds is 7. The Labute approximate surface area is 164 Å².